The Balaban J connectivity index is 0.00000162. The predicted molar refractivity (Wildman–Crippen MR) is 67.0 cm³/mol. The number of rotatable bonds is 3. The zero-order valence-corrected chi connectivity index (χ0v) is 12.3. The number of hydrogen-bond donors (Lipinski definition) is 0. The molecule has 1 atom stereocenters. The van der Waals surface area contributed by atoms with Crippen molar-refractivity contribution in [2.45, 2.75) is 19.9 Å². The van der Waals surface area contributed by atoms with Gasteiger partial charge in [0, 0.05) is 5.56 Å². The van der Waals surface area contributed by atoms with Crippen LogP contribution in [-0.4, -0.2) is 28.7 Å². The lowest BCUT2D eigenvalue weighted by Gasteiger charge is -2.12. The molecule has 0 aliphatic carbocycles. The van der Waals surface area contributed by atoms with Crippen LogP contribution in [0.4, 0.5) is 0 Å². The molecule has 0 saturated heterocycles. The second-order valence-electron chi connectivity index (χ2n) is 4.32. The minimum absolute atomic E-state index is 0. The molecule has 0 saturated carbocycles. The lowest BCUT2D eigenvalue weighted by Crippen LogP contribution is -3.00. The first kappa shape index (κ1) is 14.6. The van der Waals surface area contributed by atoms with E-state index in [-0.39, 0.29) is 28.8 Å². The molecular formula is C14H16BrN2O. The third-order valence-electron chi connectivity index (χ3n) is 2.86. The van der Waals surface area contributed by atoms with E-state index in [4.69, 9.17) is 0 Å². The lowest BCUT2D eigenvalue weighted by atomic mass is 10.0. The molecule has 1 heterocycles. The van der Waals surface area contributed by atoms with Gasteiger partial charge in [-0.15, -0.1) is 9.80 Å². The molecule has 2 rings (SSSR count). The molecule has 4 heteroatoms. The molecule has 1 radical (unpaired) electrons. The van der Waals surface area contributed by atoms with E-state index in [1.165, 1.54) is 0 Å². The van der Waals surface area contributed by atoms with Crippen LogP contribution in [0.1, 0.15) is 22.8 Å². The van der Waals surface area contributed by atoms with Crippen molar-refractivity contribution in [1.82, 2.24) is 9.80 Å². The molecule has 1 aromatic carbocycles. The molecule has 0 bridgehead atoms. The normalized spacial score (nSPS) is 15.1. The molecule has 0 fully saturated rings. The largest absolute Gasteiger partial charge is 1.00 e. The number of halogens is 1. The molecule has 0 N–H and O–H groups in total. The van der Waals surface area contributed by atoms with Crippen LogP contribution in [0.15, 0.2) is 36.7 Å². The molecule has 3 nitrogen and oxygen atoms in total. The van der Waals surface area contributed by atoms with Gasteiger partial charge in [-0.2, -0.15) is 0 Å². The molecule has 1 aliphatic rings. The smallest absolute Gasteiger partial charge is 0.564 e. The van der Waals surface area contributed by atoms with Crippen molar-refractivity contribution in [3.63, 3.8) is 0 Å². The summed E-state index contributed by atoms with van der Waals surface area (Å²) in [5.74, 6) is 0.109. The van der Waals surface area contributed by atoms with E-state index in [0.717, 1.165) is 11.1 Å². The van der Waals surface area contributed by atoms with Gasteiger partial charge in [-0.25, -0.2) is 0 Å². The van der Waals surface area contributed by atoms with Gasteiger partial charge in [0.05, 0.1) is 19.4 Å². The number of nitrogens with zero attached hydrogens (tertiary/aromatic N) is 2. The van der Waals surface area contributed by atoms with E-state index in [9.17, 15) is 4.79 Å². The van der Waals surface area contributed by atoms with Crippen molar-refractivity contribution < 1.29 is 21.8 Å². The van der Waals surface area contributed by atoms with Gasteiger partial charge in [0.15, 0.2) is 5.78 Å². The second-order valence-corrected chi connectivity index (χ2v) is 4.32. The zero-order valence-electron chi connectivity index (χ0n) is 10.7. The minimum atomic E-state index is -0.223. The highest BCUT2D eigenvalue weighted by Gasteiger charge is 2.36. The molecule has 1 unspecified atom stereocenters. The van der Waals surface area contributed by atoms with Gasteiger partial charge >= 0.3 is 6.67 Å². The number of ketones is 1. The average Bonchev–Trinajstić information content (AvgIpc) is 2.75. The molecule has 18 heavy (non-hydrogen) atoms. The maximum Gasteiger partial charge on any atom is 0.564 e. The van der Waals surface area contributed by atoms with Crippen molar-refractivity contribution in [2.24, 2.45) is 0 Å². The first-order valence-corrected chi connectivity index (χ1v) is 5.64. The summed E-state index contributed by atoms with van der Waals surface area (Å²) < 4.78 is 0. The Morgan fingerprint density at radius 1 is 1.22 bits per heavy atom. The summed E-state index contributed by atoms with van der Waals surface area (Å²) in [6, 6.07) is 7.44. The van der Waals surface area contributed by atoms with Gasteiger partial charge in [-0.3, -0.25) is 4.79 Å². The molecular weight excluding hydrogens is 292 g/mol. The number of aryl methyl sites for hydroxylation is 1. The first-order chi connectivity index (χ1) is 8.08. The van der Waals surface area contributed by atoms with Crippen LogP contribution < -0.4 is 17.0 Å². The highest BCUT2D eigenvalue weighted by Crippen LogP contribution is 2.16. The van der Waals surface area contributed by atoms with E-state index in [0.29, 0.717) is 0 Å². The fourth-order valence-electron chi connectivity index (χ4n) is 1.72. The highest BCUT2D eigenvalue weighted by atomic mass is 79.9. The Kier molecular flexibility index (Phi) is 4.84. The first-order valence-electron chi connectivity index (χ1n) is 5.64. The standard InChI is InChI=1S/C14H16N2O.BrH/c1-11-4-6-13(7-5-11)14(17)12(2)16-9-8-15(3)10-16;/h4-9,12H,1-3H3;1H/q+1;/p-1. The topological polar surface area (TPSA) is 23.6 Å². The fraction of sp³-hybridized carbons (Fsp3) is 0.286. The molecule has 0 spiro atoms. The maximum atomic E-state index is 12.2. The van der Waals surface area contributed by atoms with Crippen molar-refractivity contribution in [3.8, 4) is 0 Å². The summed E-state index contributed by atoms with van der Waals surface area (Å²) in [5, 5.41) is 0. The van der Waals surface area contributed by atoms with Gasteiger partial charge in [-0.1, -0.05) is 29.8 Å². The van der Waals surface area contributed by atoms with E-state index >= 15 is 0 Å². The third-order valence-corrected chi connectivity index (χ3v) is 2.86. The lowest BCUT2D eigenvalue weighted by molar-refractivity contribution is -0.0000113. The van der Waals surface area contributed by atoms with Gasteiger partial charge in [0.2, 0.25) is 0 Å². The summed E-state index contributed by atoms with van der Waals surface area (Å²) >= 11 is 0. The second kappa shape index (κ2) is 5.96. The van der Waals surface area contributed by atoms with E-state index in [1.54, 1.807) is 9.80 Å². The van der Waals surface area contributed by atoms with Gasteiger partial charge in [-0.05, 0) is 13.8 Å². The highest BCUT2D eigenvalue weighted by molar-refractivity contribution is 6.00. The number of hydrogen-bond acceptors (Lipinski definition) is 3. The van der Waals surface area contributed by atoms with Crippen LogP contribution in [0, 0.1) is 13.6 Å². The maximum absolute atomic E-state index is 12.2. The summed E-state index contributed by atoms with van der Waals surface area (Å²) in [4.78, 5) is 15.8. The van der Waals surface area contributed by atoms with Crippen molar-refractivity contribution in [2.75, 3.05) is 7.05 Å². The number of Topliss-reactive ketones (excluding diaryl/α,β-unsaturated/α-hetero) is 1. The minimum Gasteiger partial charge on any atom is -1.00 e. The van der Waals surface area contributed by atoms with Crippen molar-refractivity contribution >= 4 is 5.78 Å². The molecule has 0 amide bonds. The summed E-state index contributed by atoms with van der Waals surface area (Å²) in [5.41, 5.74) is 1.90. The number of benzene rings is 1. The van der Waals surface area contributed by atoms with Crippen LogP contribution in [0.2, 0.25) is 0 Å². The van der Waals surface area contributed by atoms with Crippen LogP contribution >= 0.6 is 0 Å². The summed E-state index contributed by atoms with van der Waals surface area (Å²) in [6.07, 6.45) is 3.73. The molecule has 0 aromatic heterocycles. The van der Waals surface area contributed by atoms with E-state index < -0.39 is 0 Å². The molecule has 1 aromatic rings. The Bertz CT molecular complexity index is 442. The SMILES string of the molecule is Cc1ccc(C(=O)C(C)N2[C+]N(C)C=C2)cc1.[Br-]. The number of carbonyl (C=O) groups excluding carboxylic acids is 1. The van der Waals surface area contributed by atoms with Crippen LogP contribution in [0.3, 0.4) is 0 Å². The summed E-state index contributed by atoms with van der Waals surface area (Å²) in [6.45, 7) is 6.95. The van der Waals surface area contributed by atoms with Gasteiger partial charge in [0.1, 0.15) is 6.04 Å². The third kappa shape index (κ3) is 3.07. The zero-order chi connectivity index (χ0) is 12.4. The van der Waals surface area contributed by atoms with Crippen LogP contribution in [-0.2, 0) is 0 Å². The van der Waals surface area contributed by atoms with Crippen LogP contribution in [0.5, 0.6) is 0 Å². The Morgan fingerprint density at radius 3 is 2.33 bits per heavy atom. The Hall–Kier alpha value is -1.42. The van der Waals surface area contributed by atoms with E-state index in [1.807, 2.05) is 57.6 Å². The van der Waals surface area contributed by atoms with Crippen LogP contribution in [0.25, 0.3) is 0 Å². The molecule has 95 valence electrons. The monoisotopic (exact) mass is 307 g/mol. The van der Waals surface area contributed by atoms with Gasteiger partial charge in [0.25, 0.3) is 0 Å². The summed E-state index contributed by atoms with van der Waals surface area (Å²) in [7, 11) is 1.89. The predicted octanol–water partition coefficient (Wildman–Crippen LogP) is -0.715. The van der Waals surface area contributed by atoms with Gasteiger partial charge < -0.3 is 17.0 Å². The van der Waals surface area contributed by atoms with E-state index in [2.05, 4.69) is 6.67 Å². The Morgan fingerprint density at radius 2 is 1.83 bits per heavy atom. The van der Waals surface area contributed by atoms with Crippen molar-refractivity contribution in [1.29, 1.82) is 0 Å². The average molecular weight is 308 g/mol. The Labute approximate surface area is 119 Å². The fourth-order valence-corrected chi connectivity index (χ4v) is 1.72. The number of carbonyl (C=O) groups is 1. The molecule has 1 aliphatic heterocycles. The quantitative estimate of drug-likeness (QED) is 0.544. The van der Waals surface area contributed by atoms with Crippen molar-refractivity contribution in [3.05, 3.63) is 54.5 Å².